The van der Waals surface area contributed by atoms with Gasteiger partial charge < -0.3 is 5.32 Å². The number of carbonyl (C=O) groups excluding carboxylic acids is 1. The van der Waals surface area contributed by atoms with Crippen LogP contribution in [0.15, 0.2) is 22.7 Å². The molecule has 0 aliphatic carbocycles. The molecule has 1 heterocycles. The van der Waals surface area contributed by atoms with E-state index in [4.69, 9.17) is 0 Å². The maximum Gasteiger partial charge on any atom is 0.138 e. The Kier molecular flexibility index (Phi) is 4.29. The quantitative estimate of drug-likeness (QED) is 0.926. The monoisotopic (exact) mass is 299 g/mol. The van der Waals surface area contributed by atoms with Gasteiger partial charge in [-0.05, 0) is 43.1 Å². The third-order valence-electron chi connectivity index (χ3n) is 3.03. The van der Waals surface area contributed by atoms with Gasteiger partial charge >= 0.3 is 0 Å². The number of carbonyl (C=O) groups is 1. The largest absolute Gasteiger partial charge is 0.314 e. The molecule has 1 saturated heterocycles. The molecule has 1 unspecified atom stereocenters. The normalized spacial score (nSPS) is 19.5. The van der Waals surface area contributed by atoms with Crippen molar-refractivity contribution in [3.05, 3.63) is 34.1 Å². The predicted octanol–water partition coefficient (Wildman–Crippen LogP) is 2.84. The van der Waals surface area contributed by atoms with Crippen molar-refractivity contribution in [2.24, 2.45) is 0 Å². The minimum atomic E-state index is -0.296. The van der Waals surface area contributed by atoms with E-state index in [-0.39, 0.29) is 11.6 Å². The first-order valence-corrected chi connectivity index (χ1v) is 6.63. The summed E-state index contributed by atoms with van der Waals surface area (Å²) in [5.74, 6) is -0.134. The summed E-state index contributed by atoms with van der Waals surface area (Å²) in [5, 5.41) is 3.29. The van der Waals surface area contributed by atoms with Gasteiger partial charge in [0.2, 0.25) is 0 Å². The molecule has 0 amide bonds. The SMILES string of the molecule is O=C(Cc1cc(F)ccc1Br)CC1CCCN1. The zero-order valence-electron chi connectivity index (χ0n) is 9.51. The highest BCUT2D eigenvalue weighted by Gasteiger charge is 2.18. The maximum atomic E-state index is 13.1. The van der Waals surface area contributed by atoms with E-state index >= 15 is 0 Å². The molecule has 1 N–H and O–H groups in total. The second-order valence-corrected chi connectivity index (χ2v) is 5.30. The standard InChI is InChI=1S/C13H15BrFNO/c14-13-4-3-10(15)6-9(13)7-12(17)8-11-2-1-5-16-11/h3-4,6,11,16H,1-2,5,7-8H2. The molecule has 1 aromatic rings. The van der Waals surface area contributed by atoms with Gasteiger partial charge in [-0.25, -0.2) is 4.39 Å². The smallest absolute Gasteiger partial charge is 0.138 e. The van der Waals surface area contributed by atoms with Gasteiger partial charge in [0.25, 0.3) is 0 Å². The van der Waals surface area contributed by atoms with Gasteiger partial charge in [-0.3, -0.25) is 4.79 Å². The van der Waals surface area contributed by atoms with E-state index in [0.29, 0.717) is 18.9 Å². The Labute approximate surface area is 109 Å². The second-order valence-electron chi connectivity index (χ2n) is 4.45. The van der Waals surface area contributed by atoms with Crippen LogP contribution < -0.4 is 5.32 Å². The van der Waals surface area contributed by atoms with E-state index in [9.17, 15) is 9.18 Å². The molecule has 92 valence electrons. The first-order valence-electron chi connectivity index (χ1n) is 5.84. The van der Waals surface area contributed by atoms with Gasteiger partial charge in [0, 0.05) is 23.4 Å². The molecule has 0 radical (unpaired) electrons. The molecule has 1 aromatic carbocycles. The van der Waals surface area contributed by atoms with E-state index in [1.807, 2.05) is 0 Å². The Balaban J connectivity index is 1.95. The molecule has 1 atom stereocenters. The molecule has 1 aliphatic heterocycles. The van der Waals surface area contributed by atoms with Crippen LogP contribution in [-0.2, 0) is 11.2 Å². The minimum Gasteiger partial charge on any atom is -0.314 e. The molecule has 0 saturated carbocycles. The number of hydrogen-bond acceptors (Lipinski definition) is 2. The second kappa shape index (κ2) is 5.74. The Bertz CT molecular complexity index is 416. The lowest BCUT2D eigenvalue weighted by Crippen LogP contribution is -2.25. The number of nitrogens with one attached hydrogen (secondary N) is 1. The van der Waals surface area contributed by atoms with Crippen molar-refractivity contribution < 1.29 is 9.18 Å². The van der Waals surface area contributed by atoms with Crippen LogP contribution in [0.3, 0.4) is 0 Å². The summed E-state index contributed by atoms with van der Waals surface area (Å²) in [6, 6.07) is 4.77. The number of Topliss-reactive ketones (excluding diaryl/α,β-unsaturated/α-hetero) is 1. The highest BCUT2D eigenvalue weighted by Crippen LogP contribution is 2.20. The van der Waals surface area contributed by atoms with Crippen molar-refractivity contribution in [2.75, 3.05) is 6.54 Å². The lowest BCUT2D eigenvalue weighted by atomic mass is 10.0. The average Bonchev–Trinajstić information content (AvgIpc) is 2.76. The van der Waals surface area contributed by atoms with Crippen LogP contribution in [-0.4, -0.2) is 18.4 Å². The van der Waals surface area contributed by atoms with E-state index in [1.54, 1.807) is 6.07 Å². The molecule has 2 rings (SSSR count). The first-order chi connectivity index (χ1) is 8.15. The van der Waals surface area contributed by atoms with Crippen molar-refractivity contribution in [2.45, 2.75) is 31.7 Å². The maximum absolute atomic E-state index is 13.1. The summed E-state index contributed by atoms with van der Waals surface area (Å²) in [7, 11) is 0. The molecular formula is C13H15BrFNO. The number of rotatable bonds is 4. The molecule has 0 bridgehead atoms. The average molecular weight is 300 g/mol. The van der Waals surface area contributed by atoms with Crippen molar-refractivity contribution in [1.82, 2.24) is 5.32 Å². The Hall–Kier alpha value is -0.740. The number of halogens is 2. The van der Waals surface area contributed by atoms with Crippen LogP contribution in [0.25, 0.3) is 0 Å². The molecule has 0 aromatic heterocycles. The third-order valence-corrected chi connectivity index (χ3v) is 3.81. The zero-order valence-corrected chi connectivity index (χ0v) is 11.1. The fourth-order valence-corrected chi connectivity index (χ4v) is 2.56. The molecule has 1 aliphatic rings. The van der Waals surface area contributed by atoms with E-state index in [2.05, 4.69) is 21.2 Å². The Morgan fingerprint density at radius 3 is 3.06 bits per heavy atom. The fraction of sp³-hybridized carbons (Fsp3) is 0.462. The Morgan fingerprint density at radius 2 is 2.35 bits per heavy atom. The zero-order chi connectivity index (χ0) is 12.3. The number of ketones is 1. The van der Waals surface area contributed by atoms with Gasteiger partial charge in [0.1, 0.15) is 11.6 Å². The van der Waals surface area contributed by atoms with E-state index < -0.39 is 0 Å². The minimum absolute atomic E-state index is 0.163. The Morgan fingerprint density at radius 1 is 1.53 bits per heavy atom. The summed E-state index contributed by atoms with van der Waals surface area (Å²) in [4.78, 5) is 11.8. The van der Waals surface area contributed by atoms with E-state index in [1.165, 1.54) is 12.1 Å². The van der Waals surface area contributed by atoms with Crippen molar-refractivity contribution in [1.29, 1.82) is 0 Å². The van der Waals surface area contributed by atoms with Crippen LogP contribution >= 0.6 is 15.9 Å². The lowest BCUT2D eigenvalue weighted by Gasteiger charge is -2.09. The summed E-state index contributed by atoms with van der Waals surface area (Å²) in [5.41, 5.74) is 0.730. The van der Waals surface area contributed by atoms with Crippen LogP contribution in [0.4, 0.5) is 4.39 Å². The number of benzene rings is 1. The summed E-state index contributed by atoms with van der Waals surface area (Å²) in [6.45, 7) is 1.00. The van der Waals surface area contributed by atoms with Crippen molar-refractivity contribution >= 4 is 21.7 Å². The summed E-state index contributed by atoms with van der Waals surface area (Å²) < 4.78 is 13.9. The van der Waals surface area contributed by atoms with E-state index in [0.717, 1.165) is 29.4 Å². The van der Waals surface area contributed by atoms with Gasteiger partial charge in [-0.1, -0.05) is 15.9 Å². The summed E-state index contributed by atoms with van der Waals surface area (Å²) >= 11 is 3.34. The van der Waals surface area contributed by atoms with Crippen LogP contribution in [0.2, 0.25) is 0 Å². The van der Waals surface area contributed by atoms with Gasteiger partial charge in [0.15, 0.2) is 0 Å². The third kappa shape index (κ3) is 3.61. The fourth-order valence-electron chi connectivity index (χ4n) is 2.17. The first kappa shape index (κ1) is 12.7. The van der Waals surface area contributed by atoms with Gasteiger partial charge in [0.05, 0.1) is 0 Å². The predicted molar refractivity (Wildman–Crippen MR) is 68.5 cm³/mol. The molecule has 1 fully saturated rings. The molecule has 0 spiro atoms. The van der Waals surface area contributed by atoms with Gasteiger partial charge in [-0.2, -0.15) is 0 Å². The lowest BCUT2D eigenvalue weighted by molar-refractivity contribution is -0.118. The van der Waals surface area contributed by atoms with Crippen molar-refractivity contribution in [3.8, 4) is 0 Å². The topological polar surface area (TPSA) is 29.1 Å². The van der Waals surface area contributed by atoms with Gasteiger partial charge in [-0.15, -0.1) is 0 Å². The molecular weight excluding hydrogens is 285 g/mol. The summed E-state index contributed by atoms with van der Waals surface area (Å²) in [6.07, 6.45) is 3.05. The molecule has 2 nitrogen and oxygen atoms in total. The number of hydrogen-bond donors (Lipinski definition) is 1. The van der Waals surface area contributed by atoms with Crippen LogP contribution in [0, 0.1) is 5.82 Å². The molecule has 4 heteroatoms. The molecule has 17 heavy (non-hydrogen) atoms. The van der Waals surface area contributed by atoms with Crippen LogP contribution in [0.5, 0.6) is 0 Å². The highest BCUT2D eigenvalue weighted by molar-refractivity contribution is 9.10. The highest BCUT2D eigenvalue weighted by atomic mass is 79.9. The van der Waals surface area contributed by atoms with Crippen LogP contribution in [0.1, 0.15) is 24.8 Å². The van der Waals surface area contributed by atoms with Crippen molar-refractivity contribution in [3.63, 3.8) is 0 Å².